The van der Waals surface area contributed by atoms with Crippen molar-refractivity contribution in [2.75, 3.05) is 25.0 Å². The minimum atomic E-state index is -0.993. The molecule has 1 aliphatic heterocycles. The van der Waals surface area contributed by atoms with Gasteiger partial charge in [-0.3, -0.25) is 0 Å². The number of carbonyl (C=O) groups is 1. The molecule has 23 heavy (non-hydrogen) atoms. The summed E-state index contributed by atoms with van der Waals surface area (Å²) < 4.78 is 5.63. The Labute approximate surface area is 136 Å². The van der Waals surface area contributed by atoms with Crippen molar-refractivity contribution >= 4 is 11.9 Å². The minimum Gasteiger partial charge on any atom is -0.465 e. The van der Waals surface area contributed by atoms with Crippen molar-refractivity contribution in [3.63, 3.8) is 0 Å². The predicted molar refractivity (Wildman–Crippen MR) is 87.9 cm³/mol. The first kappa shape index (κ1) is 16.1. The Kier molecular flexibility index (Phi) is 5.33. The van der Waals surface area contributed by atoms with Gasteiger partial charge in [-0.25, -0.2) is 9.78 Å². The molecule has 2 aliphatic rings. The van der Waals surface area contributed by atoms with E-state index in [0.29, 0.717) is 25.2 Å². The number of carboxylic acid groups (broad SMARTS) is 1. The largest absolute Gasteiger partial charge is 0.465 e. The zero-order valence-corrected chi connectivity index (χ0v) is 13.4. The Morgan fingerprint density at radius 2 is 2.30 bits per heavy atom. The highest BCUT2D eigenvalue weighted by atomic mass is 16.5. The number of hydrogen-bond donors (Lipinski definition) is 3. The molecule has 1 aromatic heterocycles. The van der Waals surface area contributed by atoms with E-state index in [2.05, 4.69) is 22.8 Å². The molecule has 0 unspecified atom stereocenters. The molecule has 6 heteroatoms. The van der Waals surface area contributed by atoms with Crippen LogP contribution in [-0.2, 0) is 17.6 Å². The van der Waals surface area contributed by atoms with Crippen molar-refractivity contribution in [3.8, 4) is 0 Å². The molecule has 1 saturated carbocycles. The van der Waals surface area contributed by atoms with Crippen LogP contribution >= 0.6 is 0 Å². The van der Waals surface area contributed by atoms with E-state index < -0.39 is 6.09 Å². The molecule has 1 aliphatic carbocycles. The molecule has 1 fully saturated rings. The van der Waals surface area contributed by atoms with Crippen molar-refractivity contribution in [2.24, 2.45) is 5.92 Å². The number of nitrogens with zero attached hydrogens (tertiary/aromatic N) is 1. The third-order valence-corrected chi connectivity index (χ3v) is 4.68. The second-order valence-electron chi connectivity index (χ2n) is 6.44. The van der Waals surface area contributed by atoms with E-state index in [-0.39, 0.29) is 0 Å². The number of aromatic nitrogens is 1. The fourth-order valence-electron chi connectivity index (χ4n) is 3.29. The van der Waals surface area contributed by atoms with Crippen LogP contribution in [0.3, 0.4) is 0 Å². The molecule has 3 rings (SSSR count). The molecule has 0 spiro atoms. The van der Waals surface area contributed by atoms with Crippen molar-refractivity contribution in [1.29, 1.82) is 0 Å². The molecule has 0 aromatic carbocycles. The van der Waals surface area contributed by atoms with Crippen LogP contribution in [0, 0.1) is 5.92 Å². The summed E-state index contributed by atoms with van der Waals surface area (Å²) in [4.78, 5) is 15.0. The first-order valence-electron chi connectivity index (χ1n) is 8.52. The summed E-state index contributed by atoms with van der Waals surface area (Å²) in [6.07, 6.45) is 5.97. The van der Waals surface area contributed by atoms with Gasteiger partial charge < -0.3 is 20.5 Å². The third kappa shape index (κ3) is 4.58. The van der Waals surface area contributed by atoms with Gasteiger partial charge in [-0.1, -0.05) is 6.07 Å². The van der Waals surface area contributed by atoms with Gasteiger partial charge in [-0.15, -0.1) is 0 Å². The Hall–Kier alpha value is -1.82. The lowest BCUT2D eigenvalue weighted by Gasteiger charge is -2.35. The molecule has 0 atom stereocenters. The molecule has 0 saturated heterocycles. The van der Waals surface area contributed by atoms with E-state index in [0.717, 1.165) is 44.5 Å². The van der Waals surface area contributed by atoms with Gasteiger partial charge in [-0.2, -0.15) is 0 Å². The Bertz CT molecular complexity index is 544. The number of ether oxygens (including phenoxy) is 1. The summed E-state index contributed by atoms with van der Waals surface area (Å²) in [5.74, 6) is 1.78. The molecule has 126 valence electrons. The van der Waals surface area contributed by atoms with Crippen LogP contribution in [-0.4, -0.2) is 42.0 Å². The van der Waals surface area contributed by atoms with Crippen molar-refractivity contribution in [2.45, 2.75) is 44.6 Å². The molecular formula is C17H25N3O3. The third-order valence-electron chi connectivity index (χ3n) is 4.68. The lowest BCUT2D eigenvalue weighted by Crippen LogP contribution is -2.34. The molecular weight excluding hydrogens is 294 g/mol. The Morgan fingerprint density at radius 3 is 3.13 bits per heavy atom. The maximum Gasteiger partial charge on any atom is 0.404 e. The monoisotopic (exact) mass is 319 g/mol. The maximum atomic E-state index is 10.3. The average molecular weight is 319 g/mol. The summed E-state index contributed by atoms with van der Waals surface area (Å²) in [6, 6.07) is 4.38. The summed E-state index contributed by atoms with van der Waals surface area (Å²) >= 11 is 0. The van der Waals surface area contributed by atoms with Crippen molar-refractivity contribution < 1.29 is 14.6 Å². The quantitative estimate of drug-likeness (QED) is 0.672. The Balaban J connectivity index is 1.32. The van der Waals surface area contributed by atoms with Crippen LogP contribution in [0.1, 0.15) is 36.9 Å². The van der Waals surface area contributed by atoms with E-state index in [1.165, 1.54) is 17.7 Å². The number of aryl methyl sites for hydroxylation is 2. The Morgan fingerprint density at radius 1 is 1.43 bits per heavy atom. The van der Waals surface area contributed by atoms with Crippen LogP contribution < -0.4 is 10.6 Å². The molecule has 2 heterocycles. The number of rotatable bonds is 7. The molecule has 0 bridgehead atoms. The molecule has 0 radical (unpaired) electrons. The maximum absolute atomic E-state index is 10.3. The number of amides is 1. The van der Waals surface area contributed by atoms with Crippen LogP contribution in [0.15, 0.2) is 12.1 Å². The highest BCUT2D eigenvalue weighted by Crippen LogP contribution is 2.33. The van der Waals surface area contributed by atoms with Gasteiger partial charge in [0, 0.05) is 18.8 Å². The number of fused-ring (bicyclic) bond motifs is 1. The second-order valence-corrected chi connectivity index (χ2v) is 6.44. The van der Waals surface area contributed by atoms with Crippen molar-refractivity contribution in [1.82, 2.24) is 10.3 Å². The topological polar surface area (TPSA) is 83.5 Å². The van der Waals surface area contributed by atoms with E-state index in [4.69, 9.17) is 14.8 Å². The van der Waals surface area contributed by atoms with Gasteiger partial charge in [0.2, 0.25) is 0 Å². The highest BCUT2D eigenvalue weighted by molar-refractivity contribution is 5.64. The van der Waals surface area contributed by atoms with E-state index in [1.807, 2.05) is 0 Å². The highest BCUT2D eigenvalue weighted by Gasteiger charge is 2.29. The summed E-state index contributed by atoms with van der Waals surface area (Å²) in [5, 5.41) is 14.2. The van der Waals surface area contributed by atoms with Gasteiger partial charge in [0.1, 0.15) is 5.82 Å². The fourth-order valence-corrected chi connectivity index (χ4v) is 3.29. The summed E-state index contributed by atoms with van der Waals surface area (Å²) in [5.41, 5.74) is 2.51. The average Bonchev–Trinajstić information content (AvgIpc) is 2.51. The number of anilines is 1. The van der Waals surface area contributed by atoms with Crippen LogP contribution in [0.25, 0.3) is 0 Å². The number of pyridine rings is 1. The number of nitrogens with one attached hydrogen (secondary N) is 2. The van der Waals surface area contributed by atoms with Crippen LogP contribution in [0.5, 0.6) is 0 Å². The minimum absolute atomic E-state index is 0.300. The predicted octanol–water partition coefficient (Wildman–Crippen LogP) is 2.44. The van der Waals surface area contributed by atoms with Crippen LogP contribution in [0.2, 0.25) is 0 Å². The molecule has 6 nitrogen and oxygen atoms in total. The molecule has 1 amide bonds. The molecule has 3 N–H and O–H groups in total. The first-order chi connectivity index (χ1) is 11.2. The van der Waals surface area contributed by atoms with Gasteiger partial charge in [0.05, 0.1) is 12.7 Å². The SMILES string of the molecule is O=C(O)NCCOC1CC(CCc2ccc3c(n2)NCCC3)C1. The lowest BCUT2D eigenvalue weighted by atomic mass is 9.79. The van der Waals surface area contributed by atoms with Gasteiger partial charge in [-0.05, 0) is 56.1 Å². The fraction of sp³-hybridized carbons (Fsp3) is 0.647. The number of hydrogen-bond acceptors (Lipinski definition) is 4. The standard InChI is InChI=1S/C17H25N3O3/c21-17(22)19-8-9-23-15-10-12(11-15)3-5-14-6-4-13-2-1-7-18-16(13)20-14/h4,6,12,15,19H,1-3,5,7-11H2,(H,18,20)(H,21,22). The smallest absolute Gasteiger partial charge is 0.404 e. The summed E-state index contributed by atoms with van der Waals surface area (Å²) in [7, 11) is 0. The zero-order valence-electron chi connectivity index (χ0n) is 13.4. The zero-order chi connectivity index (χ0) is 16.1. The van der Waals surface area contributed by atoms with E-state index >= 15 is 0 Å². The lowest BCUT2D eigenvalue weighted by molar-refractivity contribution is -0.0304. The first-order valence-corrected chi connectivity index (χ1v) is 8.52. The van der Waals surface area contributed by atoms with E-state index in [9.17, 15) is 4.79 Å². The van der Waals surface area contributed by atoms with Gasteiger partial charge in [0.25, 0.3) is 0 Å². The second kappa shape index (κ2) is 7.64. The normalized spacial score (nSPS) is 22.6. The van der Waals surface area contributed by atoms with Gasteiger partial charge >= 0.3 is 6.09 Å². The van der Waals surface area contributed by atoms with Crippen molar-refractivity contribution in [3.05, 3.63) is 23.4 Å². The molecule has 1 aromatic rings. The summed E-state index contributed by atoms with van der Waals surface area (Å²) in [6.45, 7) is 1.85. The van der Waals surface area contributed by atoms with Gasteiger partial charge in [0.15, 0.2) is 0 Å². The van der Waals surface area contributed by atoms with E-state index in [1.54, 1.807) is 0 Å². The van der Waals surface area contributed by atoms with Crippen LogP contribution in [0.4, 0.5) is 10.6 Å².